The third-order valence-electron chi connectivity index (χ3n) is 12.7. The number of hydrogen-bond donors (Lipinski definition) is 0. The zero-order chi connectivity index (χ0) is 42.8. The van der Waals surface area contributed by atoms with Crippen molar-refractivity contribution in [3.63, 3.8) is 0 Å². The number of benzene rings is 9. The maximum absolute atomic E-state index is 6.85. The number of para-hydroxylation sites is 6. The zero-order valence-corrected chi connectivity index (χ0v) is 35.2. The van der Waals surface area contributed by atoms with Crippen LogP contribution in [-0.2, 0) is 0 Å². The number of anilines is 6. The maximum atomic E-state index is 6.85. The molecule has 0 spiro atoms. The second kappa shape index (κ2) is 14.9. The van der Waals surface area contributed by atoms with Crippen molar-refractivity contribution in [3.05, 3.63) is 237 Å². The van der Waals surface area contributed by atoms with E-state index in [1.54, 1.807) is 0 Å². The molecule has 13 aromatic rings. The molecule has 0 saturated heterocycles. The largest absolute Gasteiger partial charge is 0.456 e. The lowest BCUT2D eigenvalue weighted by atomic mass is 10.1. The average Bonchev–Trinajstić information content (AvgIpc) is 4.02. The highest BCUT2D eigenvalue weighted by molar-refractivity contribution is 6.12. The molecule has 65 heavy (non-hydrogen) atoms. The second-order valence-corrected chi connectivity index (χ2v) is 16.4. The van der Waals surface area contributed by atoms with Gasteiger partial charge in [-0.25, -0.2) is 4.98 Å². The zero-order valence-electron chi connectivity index (χ0n) is 35.2. The molecule has 0 radical (unpaired) electrons. The van der Waals surface area contributed by atoms with Crippen LogP contribution in [0.2, 0.25) is 0 Å². The van der Waals surface area contributed by atoms with E-state index in [2.05, 4.69) is 243 Å². The Morgan fingerprint density at radius 1 is 0.308 bits per heavy atom. The average molecular weight is 834 g/mol. The van der Waals surface area contributed by atoms with Crippen molar-refractivity contribution in [2.24, 2.45) is 0 Å². The van der Waals surface area contributed by atoms with Crippen LogP contribution in [0.5, 0.6) is 0 Å². The highest BCUT2D eigenvalue weighted by atomic mass is 16.3. The van der Waals surface area contributed by atoms with Crippen LogP contribution in [0.25, 0.3) is 76.9 Å². The van der Waals surface area contributed by atoms with Gasteiger partial charge in [0.05, 0.1) is 22.1 Å². The smallest absolute Gasteiger partial charge is 0.141 e. The molecule has 0 aliphatic rings. The van der Waals surface area contributed by atoms with E-state index < -0.39 is 0 Å². The first-order chi connectivity index (χ1) is 32.2. The number of furan rings is 1. The Balaban J connectivity index is 0.949. The third-order valence-corrected chi connectivity index (χ3v) is 12.7. The van der Waals surface area contributed by atoms with Gasteiger partial charge in [-0.15, -0.1) is 0 Å². The van der Waals surface area contributed by atoms with Crippen molar-refractivity contribution in [1.82, 2.24) is 14.1 Å². The molecular formula is C59H39N5O. The Morgan fingerprint density at radius 2 is 0.723 bits per heavy atom. The molecule has 0 atom stereocenters. The lowest BCUT2D eigenvalue weighted by Gasteiger charge is -2.25. The van der Waals surface area contributed by atoms with Gasteiger partial charge in [-0.05, 0) is 97.1 Å². The van der Waals surface area contributed by atoms with E-state index in [-0.39, 0.29) is 0 Å². The summed E-state index contributed by atoms with van der Waals surface area (Å²) in [6.07, 6.45) is 1.96. The molecule has 0 aliphatic carbocycles. The summed E-state index contributed by atoms with van der Waals surface area (Å²) in [5.74, 6) is 0.762. The molecule has 0 amide bonds. The van der Waals surface area contributed by atoms with Gasteiger partial charge in [0, 0.05) is 90.5 Å². The van der Waals surface area contributed by atoms with E-state index in [4.69, 9.17) is 9.40 Å². The van der Waals surface area contributed by atoms with Crippen LogP contribution in [0.15, 0.2) is 241 Å². The molecule has 6 heteroatoms. The maximum Gasteiger partial charge on any atom is 0.141 e. The van der Waals surface area contributed by atoms with Gasteiger partial charge in [0.15, 0.2) is 0 Å². The molecular weight excluding hydrogens is 795 g/mol. The standard InChI is InChI=1S/C59H39N5O/c1-5-17-40(18-6-1)61(44-29-32-49-47-25-13-15-27-53(47)63(55(49)35-44)42-21-9-3-10-22-42)46-31-34-51-52-39-60-59(38-58(52)65-57(51)37-46)62(41-19-7-2-8-20-41)45-30-33-50-48-26-14-16-28-54(48)64(56(50)36-45)43-23-11-4-12-24-43/h1-39H. The topological polar surface area (TPSA) is 42.4 Å². The molecule has 4 aromatic heterocycles. The van der Waals surface area contributed by atoms with Crippen molar-refractivity contribution >= 4 is 99.8 Å². The van der Waals surface area contributed by atoms with Gasteiger partial charge >= 0.3 is 0 Å². The number of nitrogens with zero attached hydrogens (tertiary/aromatic N) is 5. The second-order valence-electron chi connectivity index (χ2n) is 16.4. The lowest BCUT2D eigenvalue weighted by molar-refractivity contribution is 0.668. The van der Waals surface area contributed by atoms with Crippen LogP contribution < -0.4 is 9.80 Å². The number of aromatic nitrogens is 3. The summed E-state index contributed by atoms with van der Waals surface area (Å²) in [5, 5.41) is 6.81. The Bertz CT molecular complexity index is 3640. The van der Waals surface area contributed by atoms with Gasteiger partial charge < -0.3 is 18.5 Å². The molecule has 0 bridgehead atoms. The fourth-order valence-electron chi connectivity index (χ4n) is 9.83. The molecule has 306 valence electrons. The van der Waals surface area contributed by atoms with Crippen LogP contribution in [-0.4, -0.2) is 14.1 Å². The number of pyridine rings is 1. The van der Waals surface area contributed by atoms with Crippen molar-refractivity contribution in [2.75, 3.05) is 9.80 Å². The van der Waals surface area contributed by atoms with Gasteiger partial charge in [0.25, 0.3) is 0 Å². The first-order valence-corrected chi connectivity index (χ1v) is 22.0. The van der Waals surface area contributed by atoms with E-state index in [0.717, 1.165) is 78.6 Å². The number of rotatable bonds is 8. The number of hydrogen-bond acceptors (Lipinski definition) is 4. The Morgan fingerprint density at radius 3 is 1.28 bits per heavy atom. The number of fused-ring (bicyclic) bond motifs is 9. The summed E-state index contributed by atoms with van der Waals surface area (Å²) >= 11 is 0. The van der Waals surface area contributed by atoms with Crippen LogP contribution in [0.1, 0.15) is 0 Å². The summed E-state index contributed by atoms with van der Waals surface area (Å²) in [5.41, 5.74) is 13.5. The molecule has 13 rings (SSSR count). The first-order valence-electron chi connectivity index (χ1n) is 22.0. The predicted molar refractivity (Wildman–Crippen MR) is 270 cm³/mol. The summed E-state index contributed by atoms with van der Waals surface area (Å²) in [7, 11) is 0. The quantitative estimate of drug-likeness (QED) is 0.153. The molecule has 0 fully saturated rings. The van der Waals surface area contributed by atoms with Crippen LogP contribution >= 0.6 is 0 Å². The minimum Gasteiger partial charge on any atom is -0.456 e. The highest BCUT2D eigenvalue weighted by Gasteiger charge is 2.22. The fraction of sp³-hybridized carbons (Fsp3) is 0. The van der Waals surface area contributed by atoms with Crippen molar-refractivity contribution < 1.29 is 4.42 Å². The minimum absolute atomic E-state index is 0.762. The van der Waals surface area contributed by atoms with Gasteiger partial charge in [-0.1, -0.05) is 121 Å². The van der Waals surface area contributed by atoms with E-state index in [9.17, 15) is 0 Å². The van der Waals surface area contributed by atoms with Crippen molar-refractivity contribution in [1.29, 1.82) is 0 Å². The summed E-state index contributed by atoms with van der Waals surface area (Å²) in [6, 6.07) is 81.6. The minimum atomic E-state index is 0.762. The van der Waals surface area contributed by atoms with Crippen molar-refractivity contribution in [2.45, 2.75) is 0 Å². The van der Waals surface area contributed by atoms with E-state index >= 15 is 0 Å². The van der Waals surface area contributed by atoms with Gasteiger partial charge in [-0.2, -0.15) is 0 Å². The van der Waals surface area contributed by atoms with Crippen LogP contribution in [0.4, 0.5) is 34.3 Å². The van der Waals surface area contributed by atoms with Crippen molar-refractivity contribution in [3.8, 4) is 11.4 Å². The molecule has 0 N–H and O–H groups in total. The highest BCUT2D eigenvalue weighted by Crippen LogP contribution is 2.44. The normalized spacial score (nSPS) is 11.7. The summed E-state index contributed by atoms with van der Waals surface area (Å²) in [6.45, 7) is 0. The van der Waals surface area contributed by atoms with Crippen LogP contribution in [0.3, 0.4) is 0 Å². The monoisotopic (exact) mass is 833 g/mol. The Hall–Kier alpha value is -8.87. The first kappa shape index (κ1) is 36.8. The molecule has 0 aliphatic heterocycles. The van der Waals surface area contributed by atoms with Crippen LogP contribution in [0, 0.1) is 0 Å². The van der Waals surface area contributed by atoms with E-state index in [1.807, 2.05) is 12.3 Å². The predicted octanol–water partition coefficient (Wildman–Crippen LogP) is 16.1. The molecule has 4 heterocycles. The molecule has 9 aromatic carbocycles. The van der Waals surface area contributed by atoms with E-state index in [0.29, 0.717) is 0 Å². The fourth-order valence-corrected chi connectivity index (χ4v) is 9.83. The SMILES string of the molecule is c1ccc(N(c2ccc3c(c2)oc2cc(N(c4ccccc4)c4ccc5c6ccccc6n(-c6ccccc6)c5c4)ncc23)c2ccc3c4ccccc4n(-c4ccccc4)c3c2)cc1. The third kappa shape index (κ3) is 5.99. The Kier molecular flexibility index (Phi) is 8.42. The van der Waals surface area contributed by atoms with Gasteiger partial charge in [0.1, 0.15) is 17.0 Å². The summed E-state index contributed by atoms with van der Waals surface area (Å²) in [4.78, 5) is 9.69. The van der Waals surface area contributed by atoms with E-state index in [1.165, 1.54) is 32.6 Å². The lowest BCUT2D eigenvalue weighted by Crippen LogP contribution is -2.11. The molecule has 0 unspecified atom stereocenters. The Labute approximate surface area is 374 Å². The molecule has 6 nitrogen and oxygen atoms in total. The van der Waals surface area contributed by atoms with Gasteiger partial charge in [0.2, 0.25) is 0 Å². The molecule has 0 saturated carbocycles. The van der Waals surface area contributed by atoms with Gasteiger partial charge in [-0.3, -0.25) is 4.90 Å². The summed E-state index contributed by atoms with van der Waals surface area (Å²) < 4.78 is 11.6.